The Hall–Kier alpha value is -3.61. The maximum absolute atomic E-state index is 13.3. The first-order valence-corrected chi connectivity index (χ1v) is 17.8. The summed E-state index contributed by atoms with van der Waals surface area (Å²) in [4.78, 5) is 55.5. The Bertz CT molecular complexity index is 1620. The van der Waals surface area contributed by atoms with Gasteiger partial charge in [-0.1, -0.05) is 44.2 Å². The van der Waals surface area contributed by atoms with Crippen molar-refractivity contribution in [3.63, 3.8) is 0 Å². The molecule has 2 aromatic rings. The summed E-state index contributed by atoms with van der Waals surface area (Å²) in [5, 5.41) is 4.73. The van der Waals surface area contributed by atoms with Crippen molar-refractivity contribution in [2.45, 2.75) is 75.4 Å². The molecule has 3 amide bonds. The zero-order valence-electron chi connectivity index (χ0n) is 26.9. The number of aldehydes is 1. The Morgan fingerprint density at radius 1 is 1.11 bits per heavy atom. The van der Waals surface area contributed by atoms with E-state index in [1.807, 2.05) is 41.1 Å². The van der Waals surface area contributed by atoms with Gasteiger partial charge in [0.05, 0.1) is 30.1 Å². The van der Waals surface area contributed by atoms with Gasteiger partial charge < -0.3 is 19.9 Å². The standard InChI is InChI=1S/C34H45N5O6S/c1-4-24-10-11-26-18-28(13-12-25(26)17-24)46(44,45)36-30-9-8-15-38(34(30)43)21-31(41)35-27-19-29-23(2)33(29)39(20-27)32(42)22-37(3)14-6-5-7-16-40/h10-13,16-19,23,27,30,33,36H,4-9,14-15,20-22H2,1-3H3,(H,35,41)/t23?,27?,30-,33?/m0/s1. The van der Waals surface area contributed by atoms with Crippen LogP contribution in [0.1, 0.15) is 51.5 Å². The molecule has 3 unspecified atom stereocenters. The third-order valence-corrected chi connectivity index (χ3v) is 10.8. The first kappa shape index (κ1) is 33.7. The molecule has 12 heteroatoms. The van der Waals surface area contributed by atoms with Crippen molar-refractivity contribution in [2.75, 3.05) is 39.8 Å². The first-order valence-electron chi connectivity index (χ1n) is 16.3. The molecule has 0 bridgehead atoms. The second-order valence-electron chi connectivity index (χ2n) is 12.8. The fraction of sp³-hybridized carbons (Fsp3) is 0.529. The van der Waals surface area contributed by atoms with Gasteiger partial charge >= 0.3 is 0 Å². The largest absolute Gasteiger partial charge is 0.347 e. The van der Waals surface area contributed by atoms with Gasteiger partial charge in [-0.15, -0.1) is 0 Å². The van der Waals surface area contributed by atoms with Gasteiger partial charge in [-0.3, -0.25) is 19.3 Å². The number of piperidine rings is 1. The fourth-order valence-electron chi connectivity index (χ4n) is 6.61. The zero-order valence-corrected chi connectivity index (χ0v) is 27.7. The normalized spacial score (nSPS) is 22.9. The minimum atomic E-state index is -3.97. The van der Waals surface area contributed by atoms with Crippen LogP contribution in [0.15, 0.2) is 52.9 Å². The van der Waals surface area contributed by atoms with Crippen molar-refractivity contribution < 1.29 is 27.6 Å². The highest BCUT2D eigenvalue weighted by atomic mass is 32.2. The van der Waals surface area contributed by atoms with Crippen molar-refractivity contribution >= 4 is 44.8 Å². The molecule has 2 N–H and O–H groups in total. The summed E-state index contributed by atoms with van der Waals surface area (Å²) in [6, 6.07) is 9.57. The number of hydrogen-bond acceptors (Lipinski definition) is 7. The molecule has 2 heterocycles. The summed E-state index contributed by atoms with van der Waals surface area (Å²) >= 11 is 0. The van der Waals surface area contributed by atoms with Gasteiger partial charge in [0.2, 0.25) is 27.7 Å². The minimum Gasteiger partial charge on any atom is -0.347 e. The Kier molecular flexibility index (Phi) is 10.6. The lowest BCUT2D eigenvalue weighted by atomic mass is 10.1. The zero-order chi connectivity index (χ0) is 33.0. The van der Waals surface area contributed by atoms with Crippen molar-refractivity contribution in [1.82, 2.24) is 24.7 Å². The van der Waals surface area contributed by atoms with Crippen LogP contribution < -0.4 is 10.0 Å². The van der Waals surface area contributed by atoms with Gasteiger partial charge in [0.25, 0.3) is 0 Å². The van der Waals surface area contributed by atoms with E-state index < -0.39 is 22.0 Å². The summed E-state index contributed by atoms with van der Waals surface area (Å²) in [6.07, 6.45) is 6.87. The highest BCUT2D eigenvalue weighted by Crippen LogP contribution is 2.45. The van der Waals surface area contributed by atoms with Crippen LogP contribution in [0.4, 0.5) is 0 Å². The van der Waals surface area contributed by atoms with Crippen molar-refractivity contribution in [3.05, 3.63) is 53.6 Å². The van der Waals surface area contributed by atoms with Gasteiger partial charge in [0.15, 0.2) is 0 Å². The number of benzene rings is 2. The van der Waals surface area contributed by atoms with Gasteiger partial charge in [-0.05, 0) is 79.7 Å². The number of unbranched alkanes of at least 4 members (excludes halogenated alkanes) is 2. The van der Waals surface area contributed by atoms with Crippen LogP contribution in [0.2, 0.25) is 0 Å². The molecule has 0 aromatic heterocycles. The van der Waals surface area contributed by atoms with E-state index in [4.69, 9.17) is 0 Å². The summed E-state index contributed by atoms with van der Waals surface area (Å²) < 4.78 is 29.1. The molecule has 11 nitrogen and oxygen atoms in total. The average Bonchev–Trinajstić information content (AvgIpc) is 3.68. The third-order valence-electron chi connectivity index (χ3n) is 9.30. The highest BCUT2D eigenvalue weighted by Gasteiger charge is 2.50. The number of nitrogens with zero attached hydrogens (tertiary/aromatic N) is 3. The maximum atomic E-state index is 13.3. The summed E-state index contributed by atoms with van der Waals surface area (Å²) in [7, 11) is -2.08. The first-order chi connectivity index (χ1) is 22.0. The summed E-state index contributed by atoms with van der Waals surface area (Å²) in [6.45, 7) is 5.63. The topological polar surface area (TPSA) is 136 Å². The molecule has 2 fully saturated rings. The predicted molar refractivity (Wildman–Crippen MR) is 175 cm³/mol. The molecular formula is C34H45N5O6S. The molecule has 248 valence electrons. The molecule has 0 radical (unpaired) electrons. The second-order valence-corrected chi connectivity index (χ2v) is 14.5. The lowest BCUT2D eigenvalue weighted by molar-refractivity contribution is -0.139. The monoisotopic (exact) mass is 651 g/mol. The molecule has 4 atom stereocenters. The SMILES string of the molecule is CCc1ccc2cc(S(=O)(=O)N[C@H]3CCCN(CC(=O)NC4C=C5C(C)C5N(C(=O)CN(C)CCCCC=O)C4)C3=O)ccc2c1. The minimum absolute atomic E-state index is 0.00413. The van der Waals surface area contributed by atoms with E-state index in [2.05, 4.69) is 23.9 Å². The molecule has 5 rings (SSSR count). The van der Waals surface area contributed by atoms with Gasteiger partial charge in [0, 0.05) is 25.4 Å². The number of aryl methyl sites for hydroxylation is 1. The van der Waals surface area contributed by atoms with Crippen LogP contribution in [0.25, 0.3) is 10.8 Å². The number of carbonyl (C=O) groups excluding carboxylic acids is 4. The summed E-state index contributed by atoms with van der Waals surface area (Å²) in [5.41, 5.74) is 2.29. The number of sulfonamides is 1. The van der Waals surface area contributed by atoms with E-state index in [1.165, 1.54) is 4.90 Å². The fourth-order valence-corrected chi connectivity index (χ4v) is 7.87. The van der Waals surface area contributed by atoms with Gasteiger partial charge in [-0.25, -0.2) is 8.42 Å². The Balaban J connectivity index is 1.15. The van der Waals surface area contributed by atoms with Crippen LogP contribution in [0, 0.1) is 5.92 Å². The van der Waals surface area contributed by atoms with Crippen LogP contribution in [-0.4, -0.2) is 105 Å². The lowest BCUT2D eigenvalue weighted by Gasteiger charge is -2.33. The molecule has 2 aromatic carbocycles. The smallest absolute Gasteiger partial charge is 0.241 e. The number of likely N-dealkylation sites (N-methyl/N-ethyl adjacent to an activating group) is 1. The average molecular weight is 652 g/mol. The maximum Gasteiger partial charge on any atom is 0.241 e. The number of nitrogens with one attached hydrogen (secondary N) is 2. The van der Waals surface area contributed by atoms with E-state index in [-0.39, 0.29) is 47.8 Å². The predicted octanol–water partition coefficient (Wildman–Crippen LogP) is 2.24. The number of amides is 3. The number of hydrogen-bond donors (Lipinski definition) is 2. The molecular weight excluding hydrogens is 606 g/mol. The number of likely N-dealkylation sites (tertiary alicyclic amines) is 1. The third kappa shape index (κ3) is 7.84. The molecule has 0 spiro atoms. The van der Waals surface area contributed by atoms with E-state index in [0.29, 0.717) is 32.4 Å². The van der Waals surface area contributed by atoms with Crippen LogP contribution in [0.3, 0.4) is 0 Å². The molecule has 2 aliphatic heterocycles. The van der Waals surface area contributed by atoms with Crippen molar-refractivity contribution in [3.8, 4) is 0 Å². The Morgan fingerprint density at radius 3 is 2.63 bits per heavy atom. The highest BCUT2D eigenvalue weighted by molar-refractivity contribution is 7.89. The van der Waals surface area contributed by atoms with Crippen LogP contribution in [-0.2, 0) is 35.6 Å². The summed E-state index contributed by atoms with van der Waals surface area (Å²) in [5.74, 6) is -0.552. The van der Waals surface area contributed by atoms with Crippen LogP contribution >= 0.6 is 0 Å². The van der Waals surface area contributed by atoms with E-state index in [0.717, 1.165) is 54.0 Å². The van der Waals surface area contributed by atoms with Crippen molar-refractivity contribution in [1.29, 1.82) is 0 Å². The number of carbonyl (C=O) groups is 4. The second kappa shape index (κ2) is 14.4. The Labute approximate surface area is 271 Å². The van der Waals surface area contributed by atoms with Crippen LogP contribution in [0.5, 0.6) is 0 Å². The lowest BCUT2D eigenvalue weighted by Crippen LogP contribution is -2.56. The molecule has 1 saturated carbocycles. The van der Waals surface area contributed by atoms with Gasteiger partial charge in [-0.2, -0.15) is 4.72 Å². The molecule has 1 aliphatic carbocycles. The molecule has 46 heavy (non-hydrogen) atoms. The van der Waals surface area contributed by atoms with E-state index >= 15 is 0 Å². The van der Waals surface area contributed by atoms with E-state index in [9.17, 15) is 27.6 Å². The number of rotatable bonds is 14. The molecule has 3 aliphatic rings. The van der Waals surface area contributed by atoms with Gasteiger partial charge in [0.1, 0.15) is 12.3 Å². The quantitative estimate of drug-likeness (QED) is 0.182. The van der Waals surface area contributed by atoms with Crippen molar-refractivity contribution in [2.24, 2.45) is 5.92 Å². The van der Waals surface area contributed by atoms with E-state index in [1.54, 1.807) is 18.2 Å². The molecule has 1 saturated heterocycles. The number of fused-ring (bicyclic) bond motifs is 2. The Morgan fingerprint density at radius 2 is 1.87 bits per heavy atom.